The second-order valence-electron chi connectivity index (χ2n) is 14.3. The van der Waals surface area contributed by atoms with Crippen molar-refractivity contribution in [2.24, 2.45) is 0 Å². The Morgan fingerprint density at radius 1 is 0.379 bits per heavy atom. The number of fused-ring (bicyclic) bond motifs is 6. The quantitative estimate of drug-likeness (QED) is 0.176. The second kappa shape index (κ2) is 13.4. The predicted molar refractivity (Wildman–Crippen MR) is 226 cm³/mol. The van der Waals surface area contributed by atoms with Crippen LogP contribution in [0.2, 0.25) is 0 Å². The maximum Gasteiger partial charge on any atom is 0.417 e. The summed E-state index contributed by atoms with van der Waals surface area (Å²) >= 11 is 0. The average Bonchev–Trinajstić information content (AvgIpc) is 3.78. The van der Waals surface area contributed by atoms with Gasteiger partial charge in [-0.15, -0.1) is 0 Å². The molecule has 7 heteroatoms. The number of rotatable bonds is 5. The lowest BCUT2D eigenvalue weighted by Gasteiger charge is -2.19. The van der Waals surface area contributed by atoms with E-state index >= 15 is 0 Å². The number of benzene rings is 8. The van der Waals surface area contributed by atoms with Crippen LogP contribution in [0.15, 0.2) is 176 Å². The Balaban J connectivity index is 1.25. The zero-order valence-electron chi connectivity index (χ0n) is 30.7. The molecule has 2 aromatic heterocycles. The summed E-state index contributed by atoms with van der Waals surface area (Å²) in [6.07, 6.45) is -4.75. The largest absolute Gasteiger partial charge is 0.417 e. The van der Waals surface area contributed by atoms with Crippen LogP contribution in [0.3, 0.4) is 0 Å². The summed E-state index contributed by atoms with van der Waals surface area (Å²) in [5.41, 5.74) is 8.66. The molecule has 0 atom stereocenters. The number of halogens is 3. The molecule has 0 aliphatic carbocycles. The number of nitrogens with zero attached hydrogens (tertiary/aromatic N) is 4. The number of hydrogen-bond acceptors (Lipinski definition) is 2. The van der Waals surface area contributed by atoms with E-state index in [1.165, 1.54) is 18.2 Å². The van der Waals surface area contributed by atoms with Crippen LogP contribution in [0, 0.1) is 22.7 Å². The molecule has 10 rings (SSSR count). The van der Waals surface area contributed by atoms with Crippen molar-refractivity contribution in [3.05, 3.63) is 193 Å². The minimum Gasteiger partial charge on any atom is -0.309 e. The first-order valence-corrected chi connectivity index (χ1v) is 18.7. The van der Waals surface area contributed by atoms with Gasteiger partial charge in [0.25, 0.3) is 0 Å². The summed E-state index contributed by atoms with van der Waals surface area (Å²) in [5, 5.41) is 23.5. The van der Waals surface area contributed by atoms with E-state index in [1.54, 1.807) is 12.1 Å². The maximum absolute atomic E-state index is 14.7. The van der Waals surface area contributed by atoms with E-state index in [2.05, 4.69) is 102 Å². The van der Waals surface area contributed by atoms with Crippen molar-refractivity contribution < 1.29 is 13.2 Å². The van der Waals surface area contributed by atoms with Crippen LogP contribution in [0.5, 0.6) is 0 Å². The van der Waals surface area contributed by atoms with Crippen LogP contribution in [-0.2, 0) is 6.18 Å². The van der Waals surface area contributed by atoms with Crippen molar-refractivity contribution in [2.75, 3.05) is 0 Å². The minimum absolute atomic E-state index is 0.102. The van der Waals surface area contributed by atoms with Crippen molar-refractivity contribution in [1.29, 1.82) is 10.5 Å². The lowest BCUT2D eigenvalue weighted by Crippen LogP contribution is -2.09. The molecule has 10 aromatic rings. The van der Waals surface area contributed by atoms with Crippen molar-refractivity contribution in [3.63, 3.8) is 0 Å². The lowest BCUT2D eigenvalue weighted by atomic mass is 9.94. The summed E-state index contributed by atoms with van der Waals surface area (Å²) in [5.74, 6) is 0. The molecule has 0 unspecified atom stereocenters. The molecule has 0 bridgehead atoms. The van der Waals surface area contributed by atoms with E-state index in [-0.39, 0.29) is 22.3 Å². The van der Waals surface area contributed by atoms with E-state index in [1.807, 2.05) is 59.2 Å². The molecule has 2 heterocycles. The fourth-order valence-corrected chi connectivity index (χ4v) is 8.45. The Morgan fingerprint density at radius 2 is 0.879 bits per heavy atom. The average molecular weight is 755 g/mol. The highest BCUT2D eigenvalue weighted by Crippen LogP contribution is 2.44. The van der Waals surface area contributed by atoms with Crippen molar-refractivity contribution in [1.82, 2.24) is 9.13 Å². The highest BCUT2D eigenvalue weighted by atomic mass is 19.4. The zero-order chi connectivity index (χ0) is 39.5. The summed E-state index contributed by atoms with van der Waals surface area (Å²) in [6.45, 7) is 0. The van der Waals surface area contributed by atoms with Gasteiger partial charge in [0, 0.05) is 32.7 Å². The van der Waals surface area contributed by atoms with Gasteiger partial charge in [-0.1, -0.05) is 103 Å². The molecular formula is C51H29F3N4. The molecular weight excluding hydrogens is 726 g/mol. The Morgan fingerprint density at radius 3 is 1.50 bits per heavy atom. The Kier molecular flexibility index (Phi) is 8.00. The Labute approximate surface area is 331 Å². The highest BCUT2D eigenvalue weighted by Gasteiger charge is 2.35. The SMILES string of the molecule is N#Cc1ccc(-n2c3ccccc3c3cc(-c4cc(-c5ccccc5)ccc4-n4c5ccccc5c5ccccc54)ccc32)c(-c2ccc(C#N)cc2C(F)(F)F)c1. The van der Waals surface area contributed by atoms with Gasteiger partial charge in [-0.25, -0.2) is 0 Å². The Bertz CT molecular complexity index is 3300. The Hall–Kier alpha value is -7.87. The second-order valence-corrected chi connectivity index (χ2v) is 14.3. The van der Waals surface area contributed by atoms with E-state index in [9.17, 15) is 23.7 Å². The fourth-order valence-electron chi connectivity index (χ4n) is 8.45. The number of nitriles is 2. The standard InChI is InChI=1S/C51H29F3N4/c52-51(53,54)44-27-33(31-56)18-22-37(44)42-26-32(30-55)19-23-49(42)58-47-17-9-6-14-40(47)43-29-36(21-25-50(43)58)41-28-35(34-10-2-1-3-11-34)20-24-48(41)57-45-15-7-4-12-38(45)39-13-5-8-16-46(39)57/h1-29H. The monoisotopic (exact) mass is 754 g/mol. The van der Waals surface area contributed by atoms with E-state index in [4.69, 9.17) is 0 Å². The van der Waals surface area contributed by atoms with Crippen molar-refractivity contribution >= 4 is 43.6 Å². The van der Waals surface area contributed by atoms with Gasteiger partial charge in [0.05, 0.1) is 62.3 Å². The molecule has 0 amide bonds. The molecule has 0 N–H and O–H groups in total. The number of aromatic nitrogens is 2. The normalized spacial score (nSPS) is 11.7. The lowest BCUT2D eigenvalue weighted by molar-refractivity contribution is -0.137. The third-order valence-electron chi connectivity index (χ3n) is 11.0. The third kappa shape index (κ3) is 5.52. The molecule has 0 spiro atoms. The molecule has 58 heavy (non-hydrogen) atoms. The smallest absolute Gasteiger partial charge is 0.309 e. The molecule has 0 aliphatic rings. The van der Waals surface area contributed by atoms with Crippen LogP contribution in [0.4, 0.5) is 13.2 Å². The maximum atomic E-state index is 14.7. The molecule has 0 saturated heterocycles. The van der Waals surface area contributed by atoms with E-state index in [0.717, 1.165) is 77.6 Å². The van der Waals surface area contributed by atoms with Gasteiger partial charge in [0.15, 0.2) is 0 Å². The molecule has 8 aromatic carbocycles. The van der Waals surface area contributed by atoms with E-state index in [0.29, 0.717) is 5.69 Å². The molecule has 0 fully saturated rings. The molecule has 0 aliphatic heterocycles. The van der Waals surface area contributed by atoms with Gasteiger partial charge in [-0.2, -0.15) is 23.7 Å². The third-order valence-corrected chi connectivity index (χ3v) is 11.0. The first kappa shape index (κ1) is 34.6. The van der Waals surface area contributed by atoms with Crippen LogP contribution in [0.1, 0.15) is 16.7 Å². The van der Waals surface area contributed by atoms with Gasteiger partial charge in [-0.3, -0.25) is 0 Å². The van der Waals surface area contributed by atoms with Crippen LogP contribution >= 0.6 is 0 Å². The van der Waals surface area contributed by atoms with Gasteiger partial charge in [0.2, 0.25) is 0 Å². The molecule has 0 radical (unpaired) electrons. The van der Waals surface area contributed by atoms with Gasteiger partial charge >= 0.3 is 6.18 Å². The number of para-hydroxylation sites is 3. The summed E-state index contributed by atoms with van der Waals surface area (Å²) in [4.78, 5) is 0. The summed E-state index contributed by atoms with van der Waals surface area (Å²) in [7, 11) is 0. The fraction of sp³-hybridized carbons (Fsp3) is 0.0196. The summed E-state index contributed by atoms with van der Waals surface area (Å²) < 4.78 is 48.3. The highest BCUT2D eigenvalue weighted by molar-refractivity contribution is 6.12. The summed E-state index contributed by atoms with van der Waals surface area (Å²) in [6, 6.07) is 60.1. The topological polar surface area (TPSA) is 57.4 Å². The van der Waals surface area contributed by atoms with Crippen molar-refractivity contribution in [3.8, 4) is 56.9 Å². The molecule has 0 saturated carbocycles. The first-order valence-electron chi connectivity index (χ1n) is 18.7. The number of hydrogen-bond donors (Lipinski definition) is 0. The van der Waals surface area contributed by atoms with E-state index < -0.39 is 11.7 Å². The first-order chi connectivity index (χ1) is 28.3. The van der Waals surface area contributed by atoms with Gasteiger partial charge in [0.1, 0.15) is 0 Å². The predicted octanol–water partition coefficient (Wildman–Crippen LogP) is 13.6. The van der Waals surface area contributed by atoms with Gasteiger partial charge in [-0.05, 0) is 95.1 Å². The van der Waals surface area contributed by atoms with Gasteiger partial charge < -0.3 is 9.13 Å². The van der Waals surface area contributed by atoms with Crippen LogP contribution in [-0.4, -0.2) is 9.13 Å². The zero-order valence-corrected chi connectivity index (χ0v) is 30.7. The molecule has 4 nitrogen and oxygen atoms in total. The number of alkyl halides is 3. The van der Waals surface area contributed by atoms with Crippen LogP contribution in [0.25, 0.3) is 88.4 Å². The molecule has 274 valence electrons. The van der Waals surface area contributed by atoms with Crippen molar-refractivity contribution in [2.45, 2.75) is 6.18 Å². The minimum atomic E-state index is -4.75. The van der Waals surface area contributed by atoms with Crippen LogP contribution < -0.4 is 0 Å².